The van der Waals surface area contributed by atoms with Crippen LogP contribution in [0.15, 0.2) is 46.9 Å². The minimum atomic E-state index is -0.126. The van der Waals surface area contributed by atoms with E-state index in [1.807, 2.05) is 43.3 Å². The highest BCUT2D eigenvalue weighted by Gasteiger charge is 2.10. The lowest BCUT2D eigenvalue weighted by Crippen LogP contribution is -2.13. The molecule has 0 spiro atoms. The third kappa shape index (κ3) is 3.46. The average Bonchev–Trinajstić information content (AvgIpc) is 2.44. The fraction of sp³-hybridized carbons (Fsp3) is 0.188. The van der Waals surface area contributed by atoms with Crippen molar-refractivity contribution >= 4 is 27.5 Å². The summed E-state index contributed by atoms with van der Waals surface area (Å²) in [6.45, 7) is 2.03. The number of amides is 1. The minimum Gasteiger partial charge on any atom is -0.396 e. The molecular formula is C16H16BrNO2. The Kier molecular flexibility index (Phi) is 4.93. The van der Waals surface area contributed by atoms with Gasteiger partial charge in [-0.15, -0.1) is 0 Å². The van der Waals surface area contributed by atoms with Crippen molar-refractivity contribution in [2.75, 3.05) is 11.9 Å². The van der Waals surface area contributed by atoms with Gasteiger partial charge in [-0.25, -0.2) is 0 Å². The molecule has 0 bridgehead atoms. The number of carbonyl (C=O) groups excluding carboxylic acids is 1. The van der Waals surface area contributed by atoms with E-state index in [4.69, 9.17) is 5.11 Å². The maximum absolute atomic E-state index is 12.2. The predicted molar refractivity (Wildman–Crippen MR) is 84.1 cm³/mol. The van der Waals surface area contributed by atoms with Gasteiger partial charge in [0.25, 0.3) is 5.91 Å². The molecule has 2 rings (SSSR count). The lowest BCUT2D eigenvalue weighted by molar-refractivity contribution is 0.102. The molecule has 0 unspecified atom stereocenters. The van der Waals surface area contributed by atoms with Crippen LogP contribution in [0.25, 0.3) is 0 Å². The van der Waals surface area contributed by atoms with Gasteiger partial charge in [0.1, 0.15) is 0 Å². The van der Waals surface area contributed by atoms with Gasteiger partial charge < -0.3 is 10.4 Å². The van der Waals surface area contributed by atoms with Crippen LogP contribution in [0, 0.1) is 6.92 Å². The highest BCUT2D eigenvalue weighted by Crippen LogP contribution is 2.20. The molecule has 2 N–H and O–H groups in total. The smallest absolute Gasteiger partial charge is 0.255 e. The van der Waals surface area contributed by atoms with Gasteiger partial charge in [0, 0.05) is 22.3 Å². The summed E-state index contributed by atoms with van der Waals surface area (Å²) in [6, 6.07) is 13.0. The highest BCUT2D eigenvalue weighted by molar-refractivity contribution is 9.10. The van der Waals surface area contributed by atoms with Crippen molar-refractivity contribution in [3.63, 3.8) is 0 Å². The molecule has 20 heavy (non-hydrogen) atoms. The Morgan fingerprint density at radius 3 is 2.55 bits per heavy atom. The number of carbonyl (C=O) groups is 1. The second-order valence-electron chi connectivity index (χ2n) is 4.54. The molecule has 104 valence electrons. The summed E-state index contributed by atoms with van der Waals surface area (Å²) in [5.74, 6) is -0.126. The SMILES string of the molecule is Cc1c(Br)cccc1C(=O)Nc1ccc(CCO)cc1. The molecule has 0 fully saturated rings. The number of aliphatic hydroxyl groups excluding tert-OH is 1. The number of hydrogen-bond acceptors (Lipinski definition) is 2. The minimum absolute atomic E-state index is 0.126. The summed E-state index contributed by atoms with van der Waals surface area (Å²) >= 11 is 3.42. The number of benzene rings is 2. The summed E-state index contributed by atoms with van der Waals surface area (Å²) < 4.78 is 0.920. The second kappa shape index (κ2) is 6.68. The first-order chi connectivity index (χ1) is 9.61. The van der Waals surface area contributed by atoms with E-state index in [0.29, 0.717) is 12.0 Å². The predicted octanol–water partition coefficient (Wildman–Crippen LogP) is 3.54. The van der Waals surface area contributed by atoms with Gasteiger partial charge in [-0.3, -0.25) is 4.79 Å². The van der Waals surface area contributed by atoms with E-state index >= 15 is 0 Å². The van der Waals surface area contributed by atoms with Crippen LogP contribution < -0.4 is 5.32 Å². The Labute approximate surface area is 126 Å². The Morgan fingerprint density at radius 2 is 1.90 bits per heavy atom. The van der Waals surface area contributed by atoms with Crippen molar-refractivity contribution in [1.29, 1.82) is 0 Å². The Morgan fingerprint density at radius 1 is 1.20 bits per heavy atom. The molecule has 0 aliphatic heterocycles. The van der Waals surface area contributed by atoms with Crippen molar-refractivity contribution in [2.24, 2.45) is 0 Å². The van der Waals surface area contributed by atoms with E-state index in [0.717, 1.165) is 21.3 Å². The maximum atomic E-state index is 12.2. The van der Waals surface area contributed by atoms with Gasteiger partial charge in [-0.2, -0.15) is 0 Å². The van der Waals surface area contributed by atoms with Crippen LogP contribution in [0.5, 0.6) is 0 Å². The molecular weight excluding hydrogens is 318 g/mol. The largest absolute Gasteiger partial charge is 0.396 e. The van der Waals surface area contributed by atoms with Gasteiger partial charge in [0.05, 0.1) is 0 Å². The van der Waals surface area contributed by atoms with Crippen molar-refractivity contribution in [3.05, 3.63) is 63.6 Å². The van der Waals surface area contributed by atoms with E-state index in [-0.39, 0.29) is 12.5 Å². The first-order valence-corrected chi connectivity index (χ1v) is 7.17. The lowest BCUT2D eigenvalue weighted by Gasteiger charge is -2.09. The summed E-state index contributed by atoms with van der Waals surface area (Å²) in [6.07, 6.45) is 0.624. The second-order valence-corrected chi connectivity index (χ2v) is 5.39. The van der Waals surface area contributed by atoms with Crippen LogP contribution in [-0.4, -0.2) is 17.6 Å². The number of aliphatic hydroxyl groups is 1. The molecule has 0 radical (unpaired) electrons. The zero-order chi connectivity index (χ0) is 14.5. The molecule has 0 saturated heterocycles. The third-order valence-corrected chi connectivity index (χ3v) is 3.98. The molecule has 0 aromatic heterocycles. The molecule has 0 saturated carbocycles. The quantitative estimate of drug-likeness (QED) is 0.898. The summed E-state index contributed by atoms with van der Waals surface area (Å²) in [4.78, 5) is 12.2. The Balaban J connectivity index is 2.13. The summed E-state index contributed by atoms with van der Waals surface area (Å²) in [7, 11) is 0. The molecule has 0 atom stereocenters. The molecule has 1 amide bonds. The highest BCUT2D eigenvalue weighted by atomic mass is 79.9. The molecule has 4 heteroatoms. The van der Waals surface area contributed by atoms with Crippen molar-refractivity contribution in [3.8, 4) is 0 Å². The van der Waals surface area contributed by atoms with Crippen LogP contribution in [0.2, 0.25) is 0 Å². The zero-order valence-corrected chi connectivity index (χ0v) is 12.8. The summed E-state index contributed by atoms with van der Waals surface area (Å²) in [5, 5.41) is 11.7. The van der Waals surface area contributed by atoms with Crippen molar-refractivity contribution < 1.29 is 9.90 Å². The number of halogens is 1. The van der Waals surface area contributed by atoms with Gasteiger partial charge >= 0.3 is 0 Å². The Bertz CT molecular complexity index is 608. The normalized spacial score (nSPS) is 10.3. The van der Waals surface area contributed by atoms with E-state index in [2.05, 4.69) is 21.2 Å². The Hall–Kier alpha value is -1.65. The molecule has 0 aliphatic rings. The average molecular weight is 334 g/mol. The monoisotopic (exact) mass is 333 g/mol. The van der Waals surface area contributed by atoms with Gasteiger partial charge in [-0.05, 0) is 48.7 Å². The fourth-order valence-electron chi connectivity index (χ4n) is 1.94. The number of anilines is 1. The molecule has 2 aromatic rings. The van der Waals surface area contributed by atoms with E-state index in [1.165, 1.54) is 0 Å². The van der Waals surface area contributed by atoms with Crippen molar-refractivity contribution in [1.82, 2.24) is 0 Å². The number of rotatable bonds is 4. The molecule has 3 nitrogen and oxygen atoms in total. The molecule has 2 aromatic carbocycles. The number of hydrogen-bond donors (Lipinski definition) is 2. The van der Waals surface area contributed by atoms with Crippen molar-refractivity contribution in [2.45, 2.75) is 13.3 Å². The molecule has 0 aliphatic carbocycles. The lowest BCUT2D eigenvalue weighted by atomic mass is 10.1. The van der Waals surface area contributed by atoms with Crippen LogP contribution >= 0.6 is 15.9 Å². The van der Waals surface area contributed by atoms with Gasteiger partial charge in [0.2, 0.25) is 0 Å². The topological polar surface area (TPSA) is 49.3 Å². The van der Waals surface area contributed by atoms with Gasteiger partial charge in [0.15, 0.2) is 0 Å². The zero-order valence-electron chi connectivity index (χ0n) is 11.2. The van der Waals surface area contributed by atoms with Crippen LogP contribution in [0.1, 0.15) is 21.5 Å². The first-order valence-electron chi connectivity index (χ1n) is 6.38. The maximum Gasteiger partial charge on any atom is 0.255 e. The van der Waals surface area contributed by atoms with Crippen LogP contribution in [-0.2, 0) is 6.42 Å². The number of nitrogens with one attached hydrogen (secondary N) is 1. The fourth-order valence-corrected chi connectivity index (χ4v) is 2.30. The van der Waals surface area contributed by atoms with E-state index in [1.54, 1.807) is 6.07 Å². The van der Waals surface area contributed by atoms with Gasteiger partial charge in [-0.1, -0.05) is 34.1 Å². The van der Waals surface area contributed by atoms with E-state index < -0.39 is 0 Å². The van der Waals surface area contributed by atoms with Crippen LogP contribution in [0.4, 0.5) is 5.69 Å². The molecule has 0 heterocycles. The van der Waals surface area contributed by atoms with E-state index in [9.17, 15) is 4.79 Å². The van der Waals surface area contributed by atoms with Crippen LogP contribution in [0.3, 0.4) is 0 Å². The summed E-state index contributed by atoms with van der Waals surface area (Å²) in [5.41, 5.74) is 3.36. The standard InChI is InChI=1S/C16H16BrNO2/c1-11-14(3-2-4-15(11)17)16(20)18-13-7-5-12(6-8-13)9-10-19/h2-8,19H,9-10H2,1H3,(H,18,20). The third-order valence-electron chi connectivity index (χ3n) is 3.12. The first kappa shape index (κ1) is 14.8.